The number of rotatable bonds is 7. The SMILES string of the molecule is C1=CC2c3ccccc3N(c3cccc(-c4ccc(N(c5ccccc5)c5cc(-c6cccc7ccccc67)ccc5-c5ccccc5)cc4)c3)C2C=C1. The van der Waals surface area contributed by atoms with Crippen LogP contribution in [0.5, 0.6) is 0 Å². The van der Waals surface area contributed by atoms with Crippen LogP contribution in [0.3, 0.4) is 0 Å². The van der Waals surface area contributed by atoms with Crippen molar-refractivity contribution in [3.05, 3.63) is 224 Å². The quantitative estimate of drug-likeness (QED) is 0.164. The zero-order valence-electron chi connectivity index (χ0n) is 29.8. The molecule has 256 valence electrons. The summed E-state index contributed by atoms with van der Waals surface area (Å²) in [6.45, 7) is 0. The average Bonchev–Trinajstić information content (AvgIpc) is 3.59. The van der Waals surface area contributed by atoms with Crippen molar-refractivity contribution in [2.45, 2.75) is 12.0 Å². The lowest BCUT2D eigenvalue weighted by Gasteiger charge is -2.29. The van der Waals surface area contributed by atoms with Gasteiger partial charge in [0.15, 0.2) is 0 Å². The van der Waals surface area contributed by atoms with Crippen LogP contribution in [-0.4, -0.2) is 6.04 Å². The Bertz CT molecular complexity index is 2670. The maximum Gasteiger partial charge on any atom is 0.0629 e. The van der Waals surface area contributed by atoms with E-state index in [9.17, 15) is 0 Å². The van der Waals surface area contributed by atoms with Crippen molar-refractivity contribution < 1.29 is 0 Å². The predicted molar refractivity (Wildman–Crippen MR) is 228 cm³/mol. The van der Waals surface area contributed by atoms with Crippen molar-refractivity contribution >= 4 is 39.2 Å². The van der Waals surface area contributed by atoms with Crippen molar-refractivity contribution in [1.82, 2.24) is 0 Å². The number of anilines is 5. The smallest absolute Gasteiger partial charge is 0.0629 e. The molecule has 2 atom stereocenters. The molecule has 1 heterocycles. The first-order valence-electron chi connectivity index (χ1n) is 18.8. The van der Waals surface area contributed by atoms with Gasteiger partial charge >= 0.3 is 0 Å². The fourth-order valence-corrected chi connectivity index (χ4v) is 8.46. The van der Waals surface area contributed by atoms with Crippen LogP contribution in [0.4, 0.5) is 28.4 Å². The van der Waals surface area contributed by atoms with Gasteiger partial charge in [-0.15, -0.1) is 0 Å². The lowest BCUT2D eigenvalue weighted by Crippen LogP contribution is -2.28. The maximum absolute atomic E-state index is 2.50. The molecule has 2 nitrogen and oxygen atoms in total. The van der Waals surface area contributed by atoms with Crippen molar-refractivity contribution in [3.63, 3.8) is 0 Å². The molecule has 0 amide bonds. The largest absolute Gasteiger partial charge is 0.333 e. The predicted octanol–water partition coefficient (Wildman–Crippen LogP) is 14.0. The lowest BCUT2D eigenvalue weighted by atomic mass is 9.91. The zero-order chi connectivity index (χ0) is 35.8. The molecule has 10 rings (SSSR count). The number of fused-ring (bicyclic) bond motifs is 4. The van der Waals surface area contributed by atoms with Crippen LogP contribution >= 0.6 is 0 Å². The maximum atomic E-state index is 2.50. The molecule has 54 heavy (non-hydrogen) atoms. The van der Waals surface area contributed by atoms with Crippen LogP contribution < -0.4 is 9.80 Å². The minimum atomic E-state index is 0.271. The van der Waals surface area contributed by atoms with E-state index in [1.807, 2.05) is 0 Å². The molecule has 1 aliphatic carbocycles. The van der Waals surface area contributed by atoms with Crippen LogP contribution in [0.15, 0.2) is 218 Å². The van der Waals surface area contributed by atoms with E-state index < -0.39 is 0 Å². The Morgan fingerprint density at radius 1 is 0.426 bits per heavy atom. The summed E-state index contributed by atoms with van der Waals surface area (Å²) in [5, 5.41) is 2.49. The van der Waals surface area contributed by atoms with Gasteiger partial charge in [0.25, 0.3) is 0 Å². The Labute approximate surface area is 317 Å². The van der Waals surface area contributed by atoms with E-state index in [-0.39, 0.29) is 6.04 Å². The molecule has 0 spiro atoms. The first kappa shape index (κ1) is 31.8. The van der Waals surface area contributed by atoms with Gasteiger partial charge in [0.2, 0.25) is 0 Å². The van der Waals surface area contributed by atoms with E-state index in [0.717, 1.165) is 17.1 Å². The standard InChI is InChI=1S/C52H38N2/c1-3-15-39(16-4-1)47-34-31-41(46-26-14-18-38-17-7-8-23-45(38)46)36-52(47)53(42-20-5-2-6-21-42)43-32-29-37(30-33-43)40-19-13-22-44(35-40)54-50-27-11-9-24-48(50)49-25-10-12-28-51(49)54/h1-36,48,50H. The number of nitrogens with zero attached hydrogens (tertiary/aromatic N) is 2. The Kier molecular flexibility index (Phi) is 8.00. The van der Waals surface area contributed by atoms with E-state index in [2.05, 4.69) is 228 Å². The van der Waals surface area contributed by atoms with Gasteiger partial charge in [-0.25, -0.2) is 0 Å². The van der Waals surface area contributed by atoms with E-state index in [0.29, 0.717) is 5.92 Å². The summed E-state index contributed by atoms with van der Waals surface area (Å²) in [7, 11) is 0. The van der Waals surface area contributed by atoms with E-state index in [1.165, 1.54) is 61.1 Å². The number of allylic oxidation sites excluding steroid dienone is 2. The van der Waals surface area contributed by atoms with Crippen LogP contribution in [-0.2, 0) is 0 Å². The third kappa shape index (κ3) is 5.60. The lowest BCUT2D eigenvalue weighted by molar-refractivity contribution is 0.745. The first-order valence-corrected chi connectivity index (χ1v) is 18.8. The fraction of sp³-hybridized carbons (Fsp3) is 0.0385. The Morgan fingerprint density at radius 3 is 1.96 bits per heavy atom. The second-order valence-corrected chi connectivity index (χ2v) is 14.1. The highest BCUT2D eigenvalue weighted by atomic mass is 15.2. The van der Waals surface area contributed by atoms with Crippen LogP contribution in [0, 0.1) is 0 Å². The molecule has 1 aliphatic heterocycles. The second-order valence-electron chi connectivity index (χ2n) is 14.1. The van der Waals surface area contributed by atoms with Crippen molar-refractivity contribution in [2.75, 3.05) is 9.80 Å². The monoisotopic (exact) mass is 690 g/mol. The third-order valence-corrected chi connectivity index (χ3v) is 11.0. The van der Waals surface area contributed by atoms with Crippen LogP contribution in [0.25, 0.3) is 44.2 Å². The molecule has 0 N–H and O–H groups in total. The summed E-state index contributed by atoms with van der Waals surface area (Å²) in [5.41, 5.74) is 14.4. The summed E-state index contributed by atoms with van der Waals surface area (Å²) in [6, 6.07) is 70.8. The minimum Gasteiger partial charge on any atom is -0.333 e. The summed E-state index contributed by atoms with van der Waals surface area (Å²) in [5.74, 6) is 0.359. The molecule has 0 saturated heterocycles. The number of benzene rings is 8. The molecule has 8 aromatic carbocycles. The van der Waals surface area contributed by atoms with E-state index in [4.69, 9.17) is 0 Å². The highest BCUT2D eigenvalue weighted by molar-refractivity contribution is 5.99. The Morgan fingerprint density at radius 2 is 1.09 bits per heavy atom. The summed E-state index contributed by atoms with van der Waals surface area (Å²) in [6.07, 6.45) is 9.04. The van der Waals surface area contributed by atoms with Crippen LogP contribution in [0.2, 0.25) is 0 Å². The number of para-hydroxylation sites is 2. The third-order valence-electron chi connectivity index (χ3n) is 11.0. The van der Waals surface area contributed by atoms with Gasteiger partial charge < -0.3 is 9.80 Å². The van der Waals surface area contributed by atoms with Gasteiger partial charge in [0.05, 0.1) is 11.7 Å². The topological polar surface area (TPSA) is 6.48 Å². The molecule has 2 heteroatoms. The molecule has 0 bridgehead atoms. The van der Waals surface area contributed by atoms with E-state index >= 15 is 0 Å². The summed E-state index contributed by atoms with van der Waals surface area (Å²) in [4.78, 5) is 4.91. The molecule has 2 unspecified atom stereocenters. The van der Waals surface area contributed by atoms with Crippen molar-refractivity contribution in [3.8, 4) is 33.4 Å². The van der Waals surface area contributed by atoms with Crippen LogP contribution in [0.1, 0.15) is 11.5 Å². The second kappa shape index (κ2) is 13.6. The zero-order valence-corrected chi connectivity index (χ0v) is 29.8. The van der Waals surface area contributed by atoms with Gasteiger partial charge in [-0.2, -0.15) is 0 Å². The summed E-state index contributed by atoms with van der Waals surface area (Å²) < 4.78 is 0. The number of hydrogen-bond donors (Lipinski definition) is 0. The van der Waals surface area contributed by atoms with Gasteiger partial charge in [0.1, 0.15) is 0 Å². The van der Waals surface area contributed by atoms with E-state index in [1.54, 1.807) is 0 Å². The average molecular weight is 691 g/mol. The van der Waals surface area contributed by atoms with Crippen molar-refractivity contribution in [1.29, 1.82) is 0 Å². The molecule has 0 fully saturated rings. The van der Waals surface area contributed by atoms with Gasteiger partial charge in [0, 0.05) is 34.2 Å². The molecular formula is C52H38N2. The molecule has 8 aromatic rings. The highest BCUT2D eigenvalue weighted by Gasteiger charge is 2.37. The Balaban J connectivity index is 1.08. The van der Waals surface area contributed by atoms with Gasteiger partial charge in [-0.3, -0.25) is 0 Å². The molecule has 0 radical (unpaired) electrons. The highest BCUT2D eigenvalue weighted by Crippen LogP contribution is 2.48. The molecule has 2 aliphatic rings. The van der Waals surface area contributed by atoms with Gasteiger partial charge in [-0.1, -0.05) is 170 Å². The number of hydrogen-bond acceptors (Lipinski definition) is 2. The summed E-state index contributed by atoms with van der Waals surface area (Å²) >= 11 is 0. The van der Waals surface area contributed by atoms with Gasteiger partial charge in [-0.05, 0) is 92.7 Å². The van der Waals surface area contributed by atoms with Crippen molar-refractivity contribution in [2.24, 2.45) is 0 Å². The normalized spacial score (nSPS) is 15.6. The Hall–Kier alpha value is -6.90. The molecule has 0 aromatic heterocycles. The fourth-order valence-electron chi connectivity index (χ4n) is 8.46. The first-order chi connectivity index (χ1) is 26.8. The minimum absolute atomic E-state index is 0.271. The molecular weight excluding hydrogens is 653 g/mol. The molecule has 0 saturated carbocycles.